The van der Waals surface area contributed by atoms with Crippen molar-refractivity contribution in [2.24, 2.45) is 5.10 Å². The zero-order valence-electron chi connectivity index (χ0n) is 16.6. The summed E-state index contributed by atoms with van der Waals surface area (Å²) in [7, 11) is 1.53. The van der Waals surface area contributed by atoms with Crippen molar-refractivity contribution in [2.45, 2.75) is 6.61 Å². The second kappa shape index (κ2) is 11.1. The summed E-state index contributed by atoms with van der Waals surface area (Å²) in [5.74, 6) is 0.482. The van der Waals surface area contributed by atoms with Crippen LogP contribution in [0.3, 0.4) is 0 Å². The number of carbonyl (C=O) groups is 1. The summed E-state index contributed by atoms with van der Waals surface area (Å²) in [6.07, 6.45) is 1.53. The van der Waals surface area contributed by atoms with E-state index in [2.05, 4.69) is 26.5 Å². The predicted molar refractivity (Wildman–Crippen MR) is 114 cm³/mol. The van der Waals surface area contributed by atoms with Gasteiger partial charge in [0.15, 0.2) is 11.5 Å². The number of morpholine rings is 1. The molecule has 1 aliphatic heterocycles. The van der Waals surface area contributed by atoms with E-state index in [0.717, 1.165) is 13.1 Å². The lowest BCUT2D eigenvalue weighted by atomic mass is 10.2. The fourth-order valence-corrected chi connectivity index (χ4v) is 3.49. The minimum absolute atomic E-state index is 0.186. The van der Waals surface area contributed by atoms with Crippen LogP contribution >= 0.6 is 15.9 Å². The SMILES string of the molecule is COc1cc(C=NNC(=O)CN2CCOCC2)cc(Br)c1OCc1cccc(F)c1. The molecule has 0 bridgehead atoms. The Balaban J connectivity index is 1.59. The maximum atomic E-state index is 13.3. The summed E-state index contributed by atoms with van der Waals surface area (Å²) in [5, 5.41) is 4.02. The molecule has 30 heavy (non-hydrogen) atoms. The molecule has 0 atom stereocenters. The van der Waals surface area contributed by atoms with E-state index in [4.69, 9.17) is 14.2 Å². The minimum atomic E-state index is -0.315. The summed E-state index contributed by atoms with van der Waals surface area (Å²) < 4.78 is 30.5. The van der Waals surface area contributed by atoms with E-state index >= 15 is 0 Å². The Kier molecular flexibility index (Phi) is 8.18. The van der Waals surface area contributed by atoms with Crippen molar-refractivity contribution in [3.05, 3.63) is 57.8 Å². The zero-order chi connectivity index (χ0) is 21.3. The van der Waals surface area contributed by atoms with Crippen molar-refractivity contribution < 1.29 is 23.4 Å². The van der Waals surface area contributed by atoms with Crippen LogP contribution in [0.4, 0.5) is 4.39 Å². The lowest BCUT2D eigenvalue weighted by Crippen LogP contribution is -2.42. The number of hydrazone groups is 1. The number of nitrogens with zero attached hydrogens (tertiary/aromatic N) is 2. The number of rotatable bonds is 8. The Morgan fingerprint density at radius 3 is 2.87 bits per heavy atom. The monoisotopic (exact) mass is 479 g/mol. The molecule has 3 rings (SSSR count). The van der Waals surface area contributed by atoms with Gasteiger partial charge in [-0.25, -0.2) is 9.82 Å². The van der Waals surface area contributed by atoms with E-state index in [9.17, 15) is 9.18 Å². The topological polar surface area (TPSA) is 72.4 Å². The zero-order valence-corrected chi connectivity index (χ0v) is 18.2. The molecule has 1 saturated heterocycles. The van der Waals surface area contributed by atoms with Gasteiger partial charge >= 0.3 is 0 Å². The molecule has 1 aliphatic rings. The van der Waals surface area contributed by atoms with Crippen LogP contribution in [0.1, 0.15) is 11.1 Å². The van der Waals surface area contributed by atoms with E-state index in [1.165, 1.54) is 25.5 Å². The smallest absolute Gasteiger partial charge is 0.254 e. The van der Waals surface area contributed by atoms with Crippen LogP contribution < -0.4 is 14.9 Å². The second-order valence-electron chi connectivity index (χ2n) is 6.63. The van der Waals surface area contributed by atoms with Crippen LogP contribution in [0, 0.1) is 5.82 Å². The molecule has 0 saturated carbocycles. The maximum Gasteiger partial charge on any atom is 0.254 e. The molecular weight excluding hydrogens is 457 g/mol. The number of amides is 1. The van der Waals surface area contributed by atoms with Crippen molar-refractivity contribution in [2.75, 3.05) is 40.0 Å². The molecule has 2 aromatic carbocycles. The largest absolute Gasteiger partial charge is 0.493 e. The van der Waals surface area contributed by atoms with Gasteiger partial charge in [0.25, 0.3) is 5.91 Å². The summed E-state index contributed by atoms with van der Waals surface area (Å²) in [4.78, 5) is 14.0. The highest BCUT2D eigenvalue weighted by molar-refractivity contribution is 9.10. The van der Waals surface area contributed by atoms with Crippen molar-refractivity contribution in [1.29, 1.82) is 0 Å². The molecule has 1 N–H and O–H groups in total. The summed E-state index contributed by atoms with van der Waals surface area (Å²) in [6.45, 7) is 3.21. The van der Waals surface area contributed by atoms with Gasteiger partial charge in [-0.1, -0.05) is 12.1 Å². The summed E-state index contributed by atoms with van der Waals surface area (Å²) in [5.41, 5.74) is 3.94. The van der Waals surface area contributed by atoms with Gasteiger partial charge in [-0.05, 0) is 51.3 Å². The summed E-state index contributed by atoms with van der Waals surface area (Å²) in [6, 6.07) is 9.75. The standard InChI is InChI=1S/C21H23BrFN3O4/c1-28-19-11-16(12-24-25-20(27)13-26-5-7-29-8-6-26)10-18(22)21(19)30-14-15-3-2-4-17(23)9-15/h2-4,9-12H,5-8,13-14H2,1H3,(H,25,27). The van der Waals surface area contributed by atoms with E-state index in [1.54, 1.807) is 24.3 Å². The number of halogens is 2. The van der Waals surface area contributed by atoms with Crippen molar-refractivity contribution >= 4 is 28.1 Å². The van der Waals surface area contributed by atoms with E-state index in [-0.39, 0.29) is 24.9 Å². The third-order valence-corrected chi connectivity index (χ3v) is 4.99. The number of benzene rings is 2. The molecule has 0 aromatic heterocycles. The molecular formula is C21H23BrFN3O4. The highest BCUT2D eigenvalue weighted by Crippen LogP contribution is 2.36. The van der Waals surface area contributed by atoms with Gasteiger partial charge in [-0.2, -0.15) is 5.10 Å². The van der Waals surface area contributed by atoms with E-state index < -0.39 is 0 Å². The van der Waals surface area contributed by atoms with E-state index in [0.29, 0.717) is 40.3 Å². The first-order valence-corrected chi connectivity index (χ1v) is 10.2. The molecule has 1 amide bonds. The molecule has 2 aromatic rings. The van der Waals surface area contributed by atoms with Gasteiger partial charge in [-0.3, -0.25) is 9.69 Å². The average Bonchev–Trinajstić information content (AvgIpc) is 2.73. The lowest BCUT2D eigenvalue weighted by Gasteiger charge is -2.25. The lowest BCUT2D eigenvalue weighted by molar-refractivity contribution is -0.123. The molecule has 160 valence electrons. The third-order valence-electron chi connectivity index (χ3n) is 4.40. The predicted octanol–water partition coefficient (Wildman–Crippen LogP) is 2.96. The van der Waals surface area contributed by atoms with Crippen LogP contribution in [0.25, 0.3) is 0 Å². The number of nitrogens with one attached hydrogen (secondary N) is 1. The van der Waals surface area contributed by atoms with Crippen molar-refractivity contribution in [3.63, 3.8) is 0 Å². The quantitative estimate of drug-likeness (QED) is 0.465. The van der Waals surface area contributed by atoms with Crippen molar-refractivity contribution in [3.8, 4) is 11.5 Å². The maximum absolute atomic E-state index is 13.3. The van der Waals surface area contributed by atoms with Gasteiger partial charge < -0.3 is 14.2 Å². The highest BCUT2D eigenvalue weighted by Gasteiger charge is 2.14. The Hall–Kier alpha value is -2.49. The number of ether oxygens (including phenoxy) is 3. The Labute approximate surface area is 182 Å². The van der Waals surface area contributed by atoms with Crippen LogP contribution in [-0.4, -0.2) is 57.0 Å². The number of methoxy groups -OCH3 is 1. The average molecular weight is 480 g/mol. The third kappa shape index (κ3) is 6.51. The number of carbonyl (C=O) groups excluding carboxylic acids is 1. The Morgan fingerprint density at radius 2 is 2.13 bits per heavy atom. The first-order valence-electron chi connectivity index (χ1n) is 9.42. The molecule has 0 aliphatic carbocycles. The fourth-order valence-electron chi connectivity index (χ4n) is 2.91. The van der Waals surface area contributed by atoms with Crippen LogP contribution in [-0.2, 0) is 16.1 Å². The van der Waals surface area contributed by atoms with Crippen LogP contribution in [0.5, 0.6) is 11.5 Å². The Bertz CT molecular complexity index is 904. The van der Waals surface area contributed by atoms with Crippen LogP contribution in [0.2, 0.25) is 0 Å². The number of hydrogen-bond donors (Lipinski definition) is 1. The molecule has 9 heteroatoms. The summed E-state index contributed by atoms with van der Waals surface area (Å²) >= 11 is 3.47. The molecule has 0 spiro atoms. The normalized spacial score (nSPS) is 14.6. The first-order chi connectivity index (χ1) is 14.5. The Morgan fingerprint density at radius 1 is 1.33 bits per heavy atom. The van der Waals surface area contributed by atoms with Gasteiger partial charge in [-0.15, -0.1) is 0 Å². The molecule has 1 fully saturated rings. The van der Waals surface area contributed by atoms with Crippen LogP contribution in [0.15, 0.2) is 46.0 Å². The molecule has 0 unspecified atom stereocenters. The minimum Gasteiger partial charge on any atom is -0.493 e. The fraction of sp³-hybridized carbons (Fsp3) is 0.333. The molecule has 7 nitrogen and oxygen atoms in total. The second-order valence-corrected chi connectivity index (χ2v) is 7.49. The first kappa shape index (κ1) is 22.2. The van der Waals surface area contributed by atoms with Gasteiger partial charge in [0.1, 0.15) is 12.4 Å². The highest BCUT2D eigenvalue weighted by atomic mass is 79.9. The van der Waals surface area contributed by atoms with E-state index in [1.807, 2.05) is 4.90 Å². The van der Waals surface area contributed by atoms with Gasteiger partial charge in [0.2, 0.25) is 0 Å². The molecule has 0 radical (unpaired) electrons. The van der Waals surface area contributed by atoms with Gasteiger partial charge in [0.05, 0.1) is 37.6 Å². The molecule has 1 heterocycles. The number of hydrogen-bond acceptors (Lipinski definition) is 6. The van der Waals surface area contributed by atoms with Crippen molar-refractivity contribution in [1.82, 2.24) is 10.3 Å². The van der Waals surface area contributed by atoms with Gasteiger partial charge in [0, 0.05) is 13.1 Å².